The van der Waals surface area contributed by atoms with E-state index in [4.69, 9.17) is 0 Å². The second kappa shape index (κ2) is 9.20. The molecule has 7 heteroatoms. The third-order valence-corrected chi connectivity index (χ3v) is 7.48. The van der Waals surface area contributed by atoms with Gasteiger partial charge in [-0.3, -0.25) is 19.3 Å². The maximum atomic E-state index is 13.6. The van der Waals surface area contributed by atoms with Crippen LogP contribution in [0.4, 0.5) is 10.1 Å². The van der Waals surface area contributed by atoms with Crippen molar-refractivity contribution in [3.63, 3.8) is 0 Å². The highest BCUT2D eigenvalue weighted by Crippen LogP contribution is 2.35. The van der Waals surface area contributed by atoms with Gasteiger partial charge in [-0.05, 0) is 68.9 Å². The molecule has 0 bridgehead atoms. The van der Waals surface area contributed by atoms with Gasteiger partial charge in [-0.15, -0.1) is 0 Å². The maximum Gasteiger partial charge on any atom is 0.263 e. The van der Waals surface area contributed by atoms with E-state index in [1.807, 2.05) is 6.07 Å². The second-order valence-electron chi connectivity index (χ2n) is 9.66. The van der Waals surface area contributed by atoms with E-state index < -0.39 is 5.82 Å². The van der Waals surface area contributed by atoms with Crippen molar-refractivity contribution in [1.29, 1.82) is 0 Å². The standard InChI is InChI=1S/C27H30FN3O3/c1-18-6-2-3-13-30(18)25(32)20-11-14-29(15-12-20)23-10-5-9-22-24(23)27(34)31(26(22)33)17-19-7-4-8-21(28)16-19/h4-5,7-10,16,18,20H,2-3,6,11-15,17H2,1H3/t18-/m1/s1. The molecule has 3 amide bonds. The van der Waals surface area contributed by atoms with Crippen LogP contribution in [0.25, 0.3) is 0 Å². The van der Waals surface area contributed by atoms with Crippen molar-refractivity contribution in [2.45, 2.75) is 51.6 Å². The molecule has 2 aromatic carbocycles. The Morgan fingerprint density at radius 1 is 0.971 bits per heavy atom. The molecule has 178 valence electrons. The SMILES string of the molecule is C[C@@H]1CCCCN1C(=O)C1CCN(c2cccc3c2C(=O)N(Cc2cccc(F)c2)C3=O)CC1. The number of imide groups is 1. The van der Waals surface area contributed by atoms with Crippen LogP contribution in [0.15, 0.2) is 42.5 Å². The Morgan fingerprint density at radius 2 is 1.74 bits per heavy atom. The zero-order valence-corrected chi connectivity index (χ0v) is 19.5. The number of carbonyl (C=O) groups excluding carboxylic acids is 3. The number of hydrogen-bond donors (Lipinski definition) is 0. The molecule has 34 heavy (non-hydrogen) atoms. The summed E-state index contributed by atoms with van der Waals surface area (Å²) in [5, 5.41) is 0. The molecule has 0 aromatic heterocycles. The van der Waals surface area contributed by atoms with Gasteiger partial charge in [0.1, 0.15) is 5.82 Å². The van der Waals surface area contributed by atoms with Crippen LogP contribution < -0.4 is 4.90 Å². The summed E-state index contributed by atoms with van der Waals surface area (Å²) in [7, 11) is 0. The topological polar surface area (TPSA) is 60.9 Å². The lowest BCUT2D eigenvalue weighted by molar-refractivity contribution is -0.139. The van der Waals surface area contributed by atoms with Crippen LogP contribution in [0.1, 0.15) is 65.3 Å². The average Bonchev–Trinajstić information content (AvgIpc) is 3.09. The highest BCUT2D eigenvalue weighted by atomic mass is 19.1. The number of likely N-dealkylation sites (tertiary alicyclic amines) is 1. The molecule has 2 aromatic rings. The quantitative estimate of drug-likeness (QED) is 0.637. The van der Waals surface area contributed by atoms with Gasteiger partial charge in [-0.2, -0.15) is 0 Å². The van der Waals surface area contributed by atoms with Crippen LogP contribution in [0, 0.1) is 11.7 Å². The van der Waals surface area contributed by atoms with Gasteiger partial charge in [0.2, 0.25) is 5.91 Å². The van der Waals surface area contributed by atoms with E-state index in [1.165, 1.54) is 23.5 Å². The number of benzene rings is 2. The molecule has 3 aliphatic heterocycles. The van der Waals surface area contributed by atoms with E-state index in [1.54, 1.807) is 24.3 Å². The number of hydrogen-bond acceptors (Lipinski definition) is 4. The van der Waals surface area contributed by atoms with Gasteiger partial charge in [-0.25, -0.2) is 4.39 Å². The van der Waals surface area contributed by atoms with Gasteiger partial charge in [-0.1, -0.05) is 18.2 Å². The van der Waals surface area contributed by atoms with Gasteiger partial charge in [0, 0.05) is 31.6 Å². The number of halogens is 1. The summed E-state index contributed by atoms with van der Waals surface area (Å²) in [5.41, 5.74) is 2.12. The Kier molecular flexibility index (Phi) is 6.11. The van der Waals surface area contributed by atoms with E-state index >= 15 is 0 Å². The van der Waals surface area contributed by atoms with E-state index in [2.05, 4.69) is 16.7 Å². The summed E-state index contributed by atoms with van der Waals surface area (Å²) in [4.78, 5) is 44.8. The smallest absolute Gasteiger partial charge is 0.263 e. The molecule has 6 nitrogen and oxygen atoms in total. The summed E-state index contributed by atoms with van der Waals surface area (Å²) >= 11 is 0. The Morgan fingerprint density at radius 3 is 2.47 bits per heavy atom. The largest absolute Gasteiger partial charge is 0.371 e. The third-order valence-electron chi connectivity index (χ3n) is 7.48. The van der Waals surface area contributed by atoms with Gasteiger partial charge in [0.25, 0.3) is 11.8 Å². The zero-order valence-electron chi connectivity index (χ0n) is 19.5. The van der Waals surface area contributed by atoms with Crippen molar-refractivity contribution in [1.82, 2.24) is 9.80 Å². The molecule has 3 heterocycles. The molecule has 0 N–H and O–H groups in total. The van der Waals surface area contributed by atoms with Gasteiger partial charge >= 0.3 is 0 Å². The van der Waals surface area contributed by atoms with E-state index in [9.17, 15) is 18.8 Å². The lowest BCUT2D eigenvalue weighted by Crippen LogP contribution is -2.48. The zero-order chi connectivity index (χ0) is 23.8. The van der Waals surface area contributed by atoms with Crippen LogP contribution in [-0.4, -0.2) is 53.2 Å². The fourth-order valence-corrected chi connectivity index (χ4v) is 5.57. The van der Waals surface area contributed by atoms with Gasteiger partial charge < -0.3 is 9.80 Å². The molecule has 1 atom stereocenters. The Labute approximate surface area is 199 Å². The molecular weight excluding hydrogens is 433 g/mol. The van der Waals surface area contributed by atoms with E-state index in [0.29, 0.717) is 35.8 Å². The summed E-state index contributed by atoms with van der Waals surface area (Å²) in [6.07, 6.45) is 4.81. The van der Waals surface area contributed by atoms with Crippen molar-refractivity contribution in [2.75, 3.05) is 24.5 Å². The minimum absolute atomic E-state index is 0.00960. The maximum absolute atomic E-state index is 13.6. The van der Waals surface area contributed by atoms with Crippen LogP contribution in [0.3, 0.4) is 0 Å². The molecule has 0 spiro atoms. The number of carbonyl (C=O) groups is 3. The number of rotatable bonds is 4. The second-order valence-corrected chi connectivity index (χ2v) is 9.66. The first kappa shape index (κ1) is 22.6. The molecule has 2 saturated heterocycles. The van der Waals surface area contributed by atoms with Crippen LogP contribution in [0.5, 0.6) is 0 Å². The first-order valence-corrected chi connectivity index (χ1v) is 12.2. The minimum atomic E-state index is -0.397. The van der Waals surface area contributed by atoms with Crippen molar-refractivity contribution < 1.29 is 18.8 Å². The lowest BCUT2D eigenvalue weighted by atomic mass is 9.92. The van der Waals surface area contributed by atoms with E-state index in [-0.39, 0.29) is 30.2 Å². The predicted octanol–water partition coefficient (Wildman–Crippen LogP) is 4.24. The molecule has 0 radical (unpaired) electrons. The van der Waals surface area contributed by atoms with Crippen molar-refractivity contribution in [2.24, 2.45) is 5.92 Å². The molecule has 0 unspecified atom stereocenters. The Bertz CT molecular complexity index is 1130. The Balaban J connectivity index is 1.31. The summed E-state index contributed by atoms with van der Waals surface area (Å²) in [5.74, 6) is -0.824. The average molecular weight is 464 g/mol. The fourth-order valence-electron chi connectivity index (χ4n) is 5.57. The molecule has 2 fully saturated rings. The van der Waals surface area contributed by atoms with Crippen molar-refractivity contribution >= 4 is 23.4 Å². The monoisotopic (exact) mass is 463 g/mol. The molecule has 0 saturated carbocycles. The normalized spacial score (nSPS) is 21.2. The summed E-state index contributed by atoms with van der Waals surface area (Å²) in [6.45, 7) is 4.36. The number of anilines is 1. The van der Waals surface area contributed by atoms with Crippen molar-refractivity contribution in [3.05, 3.63) is 65.0 Å². The molecular formula is C27H30FN3O3. The first-order valence-electron chi connectivity index (χ1n) is 12.2. The van der Waals surface area contributed by atoms with Gasteiger partial charge in [0.05, 0.1) is 23.4 Å². The van der Waals surface area contributed by atoms with Crippen LogP contribution in [-0.2, 0) is 11.3 Å². The highest BCUT2D eigenvalue weighted by molar-refractivity contribution is 6.23. The number of amides is 3. The highest BCUT2D eigenvalue weighted by Gasteiger charge is 2.39. The molecule has 3 aliphatic rings. The van der Waals surface area contributed by atoms with E-state index in [0.717, 1.165) is 37.9 Å². The van der Waals surface area contributed by atoms with Crippen LogP contribution >= 0.6 is 0 Å². The predicted molar refractivity (Wildman–Crippen MR) is 127 cm³/mol. The summed E-state index contributed by atoms with van der Waals surface area (Å²) < 4.78 is 13.6. The van der Waals surface area contributed by atoms with Gasteiger partial charge in [0.15, 0.2) is 0 Å². The molecule has 0 aliphatic carbocycles. The number of piperidine rings is 2. The van der Waals surface area contributed by atoms with Crippen LogP contribution in [0.2, 0.25) is 0 Å². The summed E-state index contributed by atoms with van der Waals surface area (Å²) in [6, 6.07) is 11.6. The Hall–Kier alpha value is -3.22. The molecule has 5 rings (SSSR count). The first-order chi connectivity index (χ1) is 16.4. The number of fused-ring (bicyclic) bond motifs is 1. The fraction of sp³-hybridized carbons (Fsp3) is 0.444. The number of nitrogens with zero attached hydrogens (tertiary/aromatic N) is 3. The lowest BCUT2D eigenvalue weighted by Gasteiger charge is -2.39. The van der Waals surface area contributed by atoms with Crippen molar-refractivity contribution in [3.8, 4) is 0 Å². The minimum Gasteiger partial charge on any atom is -0.371 e. The third kappa shape index (κ3) is 4.08.